The van der Waals surface area contributed by atoms with Gasteiger partial charge in [-0.1, -0.05) is 54.1 Å². The molecule has 1 atom stereocenters. The van der Waals surface area contributed by atoms with Gasteiger partial charge in [-0.3, -0.25) is 14.4 Å². The third-order valence-corrected chi connectivity index (χ3v) is 7.33. The number of carbonyl (C=O) groups excluding carboxylic acids is 1. The smallest absolute Gasteiger partial charge is 0.303 e. The zero-order valence-electron chi connectivity index (χ0n) is 22.5. The van der Waals surface area contributed by atoms with Gasteiger partial charge in [-0.25, -0.2) is 5.01 Å². The van der Waals surface area contributed by atoms with Crippen LogP contribution < -0.4 is 15.0 Å². The minimum Gasteiger partial charge on any atom is -0.493 e. The molecule has 1 aliphatic rings. The van der Waals surface area contributed by atoms with Gasteiger partial charge in [-0.15, -0.1) is 0 Å². The quantitative estimate of drug-likeness (QED) is 0.261. The SMILES string of the molecule is COc1cccc([C@H]2CC(c3c(-c4ccc(Cl)cc4)c4ccccc4[nH]c3=O)=NN2C(=O)CCCC(=O)O)c1OC. The minimum absolute atomic E-state index is 0.0238. The molecule has 5 rings (SSSR count). The summed E-state index contributed by atoms with van der Waals surface area (Å²) in [6, 6.07) is 19.5. The Morgan fingerprint density at radius 2 is 1.76 bits per heavy atom. The first kappa shape index (κ1) is 27.9. The number of carboxylic acid groups (broad SMARTS) is 1. The Morgan fingerprint density at radius 3 is 2.46 bits per heavy atom. The van der Waals surface area contributed by atoms with Gasteiger partial charge in [0.2, 0.25) is 5.91 Å². The van der Waals surface area contributed by atoms with Gasteiger partial charge in [0.15, 0.2) is 11.5 Å². The van der Waals surface area contributed by atoms with Gasteiger partial charge in [0.05, 0.1) is 31.5 Å². The second-order valence-corrected chi connectivity index (χ2v) is 10.0. The van der Waals surface area contributed by atoms with E-state index in [0.717, 1.165) is 10.9 Å². The van der Waals surface area contributed by atoms with Crippen molar-refractivity contribution < 1.29 is 24.2 Å². The molecule has 0 unspecified atom stereocenters. The number of ether oxygens (including phenoxy) is 2. The number of rotatable bonds is 9. The summed E-state index contributed by atoms with van der Waals surface area (Å²) >= 11 is 6.18. The summed E-state index contributed by atoms with van der Waals surface area (Å²) < 4.78 is 11.2. The van der Waals surface area contributed by atoms with Crippen molar-refractivity contribution in [3.05, 3.63) is 93.2 Å². The van der Waals surface area contributed by atoms with Crippen LogP contribution in [0.25, 0.3) is 22.0 Å². The molecule has 0 fully saturated rings. The fraction of sp³-hybridized carbons (Fsp3) is 0.226. The van der Waals surface area contributed by atoms with Crippen LogP contribution >= 0.6 is 11.6 Å². The highest BCUT2D eigenvalue weighted by atomic mass is 35.5. The van der Waals surface area contributed by atoms with Crippen molar-refractivity contribution in [3.8, 4) is 22.6 Å². The fourth-order valence-corrected chi connectivity index (χ4v) is 5.37. The van der Waals surface area contributed by atoms with Gasteiger partial charge in [0, 0.05) is 46.3 Å². The Balaban J connectivity index is 1.68. The second kappa shape index (κ2) is 11.9. The van der Waals surface area contributed by atoms with Crippen molar-refractivity contribution >= 4 is 40.1 Å². The number of hydrazone groups is 1. The molecule has 0 saturated heterocycles. The zero-order chi connectivity index (χ0) is 29.1. The summed E-state index contributed by atoms with van der Waals surface area (Å²) in [6.07, 6.45) is 0.207. The number of carboxylic acids is 1. The van der Waals surface area contributed by atoms with Crippen LogP contribution in [0.1, 0.15) is 42.9 Å². The molecule has 3 aromatic carbocycles. The van der Waals surface area contributed by atoms with E-state index in [1.807, 2.05) is 42.5 Å². The molecule has 2 N–H and O–H groups in total. The molecule has 2 heterocycles. The van der Waals surface area contributed by atoms with Gasteiger partial charge in [0.1, 0.15) is 0 Å². The number of carbonyl (C=O) groups is 2. The number of pyridine rings is 1. The fourth-order valence-electron chi connectivity index (χ4n) is 5.25. The Labute approximate surface area is 241 Å². The van der Waals surface area contributed by atoms with E-state index < -0.39 is 12.0 Å². The normalized spacial score (nSPS) is 14.7. The summed E-state index contributed by atoms with van der Waals surface area (Å²) in [4.78, 5) is 41.2. The predicted molar refractivity (Wildman–Crippen MR) is 157 cm³/mol. The summed E-state index contributed by atoms with van der Waals surface area (Å²) in [5.41, 5.74) is 3.19. The van der Waals surface area contributed by atoms with E-state index in [-0.39, 0.29) is 37.1 Å². The Kier molecular flexibility index (Phi) is 8.07. The highest BCUT2D eigenvalue weighted by molar-refractivity contribution is 6.30. The van der Waals surface area contributed by atoms with Gasteiger partial charge >= 0.3 is 5.97 Å². The summed E-state index contributed by atoms with van der Waals surface area (Å²) in [7, 11) is 3.05. The van der Waals surface area contributed by atoms with Gasteiger partial charge in [-0.05, 0) is 36.2 Å². The third kappa shape index (κ3) is 5.53. The van der Waals surface area contributed by atoms with Crippen molar-refractivity contribution in [2.45, 2.75) is 31.7 Å². The Bertz CT molecular complexity index is 1710. The number of amides is 1. The number of fused-ring (bicyclic) bond motifs is 1. The van der Waals surface area contributed by atoms with Crippen molar-refractivity contribution in [3.63, 3.8) is 0 Å². The molecule has 210 valence electrons. The molecule has 0 spiro atoms. The lowest BCUT2D eigenvalue weighted by atomic mass is 9.90. The largest absolute Gasteiger partial charge is 0.493 e. The van der Waals surface area contributed by atoms with Crippen LogP contribution in [0.4, 0.5) is 0 Å². The van der Waals surface area contributed by atoms with E-state index in [0.29, 0.717) is 44.4 Å². The van der Waals surface area contributed by atoms with Gasteiger partial charge in [0.25, 0.3) is 5.56 Å². The zero-order valence-corrected chi connectivity index (χ0v) is 23.3. The van der Waals surface area contributed by atoms with Crippen molar-refractivity contribution in [1.29, 1.82) is 0 Å². The monoisotopic (exact) mass is 573 g/mol. The Hall–Kier alpha value is -4.63. The number of aromatic amines is 1. The van der Waals surface area contributed by atoms with Crippen LogP contribution in [0.2, 0.25) is 5.02 Å². The lowest BCUT2D eigenvalue weighted by Crippen LogP contribution is -2.27. The van der Waals surface area contributed by atoms with Crippen LogP contribution in [0.5, 0.6) is 11.5 Å². The number of halogens is 1. The maximum atomic E-state index is 13.7. The standard InChI is InChI=1S/C31H28ClN3O6/c1-40-25-10-5-8-21(30(25)41-2)24-17-23(34-35(24)26(36)11-6-12-27(37)38)29-28(18-13-15-19(32)16-14-18)20-7-3-4-9-22(20)33-31(29)39/h3-5,7-10,13-16,24H,6,11-12,17H2,1-2H3,(H,33,39)(H,37,38)/t24-/m1/s1. The second-order valence-electron chi connectivity index (χ2n) is 9.59. The summed E-state index contributed by atoms with van der Waals surface area (Å²) in [5, 5.41) is 16.5. The number of nitrogens with one attached hydrogen (secondary N) is 1. The molecule has 1 amide bonds. The van der Waals surface area contributed by atoms with E-state index in [2.05, 4.69) is 4.98 Å². The third-order valence-electron chi connectivity index (χ3n) is 7.08. The maximum absolute atomic E-state index is 13.7. The number of aliphatic carboxylic acids is 1. The molecular formula is C31H28ClN3O6. The van der Waals surface area contributed by atoms with Crippen LogP contribution in [-0.4, -0.2) is 46.9 Å². The molecule has 4 aromatic rings. The van der Waals surface area contributed by atoms with E-state index in [4.69, 9.17) is 31.3 Å². The number of hydrogen-bond acceptors (Lipinski definition) is 6. The van der Waals surface area contributed by atoms with Crippen LogP contribution in [-0.2, 0) is 9.59 Å². The minimum atomic E-state index is -0.982. The van der Waals surface area contributed by atoms with Crippen LogP contribution in [0.15, 0.2) is 76.6 Å². The van der Waals surface area contributed by atoms with Crippen molar-refractivity contribution in [2.24, 2.45) is 5.10 Å². The number of para-hydroxylation sites is 2. The van der Waals surface area contributed by atoms with E-state index in [1.54, 1.807) is 24.3 Å². The van der Waals surface area contributed by atoms with E-state index in [9.17, 15) is 14.4 Å². The molecule has 10 heteroatoms. The first-order valence-corrected chi connectivity index (χ1v) is 13.4. The number of nitrogens with zero attached hydrogens (tertiary/aromatic N) is 2. The number of methoxy groups -OCH3 is 2. The molecule has 0 aliphatic carbocycles. The average molecular weight is 574 g/mol. The van der Waals surface area contributed by atoms with E-state index >= 15 is 0 Å². The summed E-state index contributed by atoms with van der Waals surface area (Å²) in [6.45, 7) is 0. The molecule has 1 aromatic heterocycles. The average Bonchev–Trinajstić information content (AvgIpc) is 3.41. The molecular weight excluding hydrogens is 546 g/mol. The lowest BCUT2D eigenvalue weighted by molar-refractivity contribution is -0.137. The van der Waals surface area contributed by atoms with Crippen LogP contribution in [0, 0.1) is 0 Å². The van der Waals surface area contributed by atoms with E-state index in [1.165, 1.54) is 19.2 Å². The maximum Gasteiger partial charge on any atom is 0.303 e. The first-order valence-electron chi connectivity index (χ1n) is 13.1. The van der Waals surface area contributed by atoms with Crippen molar-refractivity contribution in [1.82, 2.24) is 9.99 Å². The van der Waals surface area contributed by atoms with Crippen LogP contribution in [0.3, 0.4) is 0 Å². The predicted octanol–water partition coefficient (Wildman–Crippen LogP) is 5.80. The number of aromatic nitrogens is 1. The number of benzene rings is 3. The topological polar surface area (TPSA) is 121 Å². The molecule has 0 radical (unpaired) electrons. The molecule has 1 aliphatic heterocycles. The van der Waals surface area contributed by atoms with Gasteiger partial charge in [-0.2, -0.15) is 5.10 Å². The number of hydrogen-bond donors (Lipinski definition) is 2. The number of H-pyrrole nitrogens is 1. The van der Waals surface area contributed by atoms with Gasteiger partial charge < -0.3 is 19.6 Å². The first-order chi connectivity index (χ1) is 19.8. The molecule has 41 heavy (non-hydrogen) atoms. The Morgan fingerprint density at radius 1 is 1.00 bits per heavy atom. The summed E-state index contributed by atoms with van der Waals surface area (Å²) in [5.74, 6) is -0.404. The molecule has 0 bridgehead atoms. The highest BCUT2D eigenvalue weighted by Crippen LogP contribution is 2.43. The van der Waals surface area contributed by atoms with Crippen molar-refractivity contribution in [2.75, 3.05) is 14.2 Å². The molecule has 9 nitrogen and oxygen atoms in total. The highest BCUT2D eigenvalue weighted by Gasteiger charge is 2.37. The molecule has 0 saturated carbocycles. The lowest BCUT2D eigenvalue weighted by Gasteiger charge is -2.24.